The summed E-state index contributed by atoms with van der Waals surface area (Å²) in [6.07, 6.45) is 20.8. The van der Waals surface area contributed by atoms with E-state index in [0.717, 1.165) is 19.3 Å². The van der Waals surface area contributed by atoms with Crippen molar-refractivity contribution in [3.63, 3.8) is 0 Å². The van der Waals surface area contributed by atoms with E-state index in [-0.39, 0.29) is 36.0 Å². The maximum absolute atomic E-state index is 10.4. The van der Waals surface area contributed by atoms with Gasteiger partial charge in [0.05, 0.1) is 0 Å². The van der Waals surface area contributed by atoms with Crippen molar-refractivity contribution in [1.29, 1.82) is 0 Å². The van der Waals surface area contributed by atoms with Crippen LogP contribution in [0.4, 0.5) is 0 Å². The zero-order chi connectivity index (χ0) is 19.3. The fraction of sp³-hybridized carbons (Fsp3) is 0.957. The Morgan fingerprint density at radius 2 is 0.926 bits per heavy atom. The van der Waals surface area contributed by atoms with Crippen LogP contribution in [0.5, 0.6) is 0 Å². The molecule has 156 valence electrons. The molecule has 0 unspecified atom stereocenters. The van der Waals surface area contributed by atoms with Crippen molar-refractivity contribution in [1.82, 2.24) is 4.90 Å². The van der Waals surface area contributed by atoms with Crippen molar-refractivity contribution in [2.24, 2.45) is 0 Å². The minimum absolute atomic E-state index is 0. The van der Waals surface area contributed by atoms with Crippen LogP contribution in [0.15, 0.2) is 0 Å². The number of carboxylic acid groups (broad SMARTS) is 1. The van der Waals surface area contributed by atoms with E-state index in [2.05, 4.69) is 18.7 Å². The molecule has 0 N–H and O–H groups in total. The number of carbonyl (C=O) groups is 1. The second-order valence-corrected chi connectivity index (χ2v) is 7.91. The summed E-state index contributed by atoms with van der Waals surface area (Å²) in [6.45, 7) is 8.24. The van der Waals surface area contributed by atoms with Gasteiger partial charge in [-0.2, -0.15) is 0 Å². The zero-order valence-electron chi connectivity index (χ0n) is 18.9. The normalized spacial score (nSPS) is 10.9. The number of rotatable bonds is 21. The molecule has 0 rings (SSSR count). The van der Waals surface area contributed by atoms with Gasteiger partial charge >= 0.3 is 29.6 Å². The summed E-state index contributed by atoms with van der Waals surface area (Å²) in [7, 11) is 0. The van der Waals surface area contributed by atoms with Gasteiger partial charge in [-0.3, -0.25) is 0 Å². The van der Waals surface area contributed by atoms with Crippen molar-refractivity contribution < 1.29 is 39.5 Å². The third-order valence-corrected chi connectivity index (χ3v) is 5.26. The van der Waals surface area contributed by atoms with Crippen LogP contribution in [0, 0.1) is 0 Å². The van der Waals surface area contributed by atoms with Crippen LogP contribution in [0.25, 0.3) is 0 Å². The molecular weight excluding hydrogens is 345 g/mol. The van der Waals surface area contributed by atoms with Gasteiger partial charge in [0.15, 0.2) is 0 Å². The molecule has 0 heterocycles. The third-order valence-electron chi connectivity index (χ3n) is 5.26. The predicted octanol–water partition coefficient (Wildman–Crippen LogP) is 2.71. The van der Waals surface area contributed by atoms with Crippen LogP contribution >= 0.6 is 0 Å². The summed E-state index contributed by atoms with van der Waals surface area (Å²) in [5.74, 6) is -0.905. The van der Waals surface area contributed by atoms with Crippen LogP contribution in [-0.2, 0) is 4.79 Å². The molecule has 0 aromatic heterocycles. The largest absolute Gasteiger partial charge is 1.00 e. The van der Waals surface area contributed by atoms with E-state index in [1.165, 1.54) is 103 Å². The van der Waals surface area contributed by atoms with Crippen LogP contribution in [-0.4, -0.2) is 30.5 Å². The molecule has 0 fully saturated rings. The van der Waals surface area contributed by atoms with Gasteiger partial charge in [-0.25, -0.2) is 0 Å². The monoisotopic (exact) mass is 391 g/mol. The number of carbonyl (C=O) groups excluding carboxylic acids is 1. The molecule has 0 atom stereocenters. The Hall–Kier alpha value is 0.430. The molecule has 0 saturated heterocycles. The van der Waals surface area contributed by atoms with Crippen molar-refractivity contribution in [2.45, 2.75) is 123 Å². The quantitative estimate of drug-likeness (QED) is 0.223. The molecule has 0 aromatic rings. The molecule has 4 heteroatoms. The summed E-state index contributed by atoms with van der Waals surface area (Å²) in [5.41, 5.74) is 0. The first-order valence-corrected chi connectivity index (χ1v) is 11.6. The number of unbranched alkanes of at least 4 members (excludes halogenated alkanes) is 13. The van der Waals surface area contributed by atoms with Gasteiger partial charge in [-0.05, 0) is 51.7 Å². The first kappa shape index (κ1) is 29.6. The van der Waals surface area contributed by atoms with E-state index < -0.39 is 5.97 Å². The number of aliphatic carboxylic acids is 1. The molecule has 3 nitrogen and oxygen atoms in total. The Bertz CT molecular complexity index is 284. The maximum Gasteiger partial charge on any atom is 1.00 e. The molecule has 0 amide bonds. The molecule has 0 aliphatic carbocycles. The van der Waals surface area contributed by atoms with E-state index in [1.807, 2.05) is 0 Å². The van der Waals surface area contributed by atoms with Gasteiger partial charge in [0.25, 0.3) is 0 Å². The van der Waals surface area contributed by atoms with E-state index in [4.69, 9.17) is 0 Å². The minimum atomic E-state index is -0.905. The smallest absolute Gasteiger partial charge is 0.550 e. The van der Waals surface area contributed by atoms with E-state index in [1.54, 1.807) is 0 Å². The van der Waals surface area contributed by atoms with Crippen molar-refractivity contribution in [3.05, 3.63) is 0 Å². The molecule has 0 bridgehead atoms. The average Bonchev–Trinajstić information content (AvgIpc) is 2.62. The molecule has 27 heavy (non-hydrogen) atoms. The van der Waals surface area contributed by atoms with Crippen molar-refractivity contribution >= 4 is 5.97 Å². The van der Waals surface area contributed by atoms with E-state index >= 15 is 0 Å². The Kier molecular flexibility index (Phi) is 26.9. The first-order valence-electron chi connectivity index (χ1n) is 11.6. The maximum atomic E-state index is 10.4. The topological polar surface area (TPSA) is 43.4 Å². The second-order valence-electron chi connectivity index (χ2n) is 7.91. The van der Waals surface area contributed by atoms with E-state index in [9.17, 15) is 9.90 Å². The summed E-state index contributed by atoms with van der Waals surface area (Å²) >= 11 is 0. The summed E-state index contributed by atoms with van der Waals surface area (Å²) in [4.78, 5) is 13.1. The first-order chi connectivity index (χ1) is 12.7. The van der Waals surface area contributed by atoms with Crippen LogP contribution in [0.1, 0.15) is 123 Å². The average molecular weight is 392 g/mol. The number of hydrogen-bond acceptors (Lipinski definition) is 3. The predicted molar refractivity (Wildman–Crippen MR) is 111 cm³/mol. The van der Waals surface area contributed by atoms with E-state index in [0.29, 0.717) is 0 Å². The third kappa shape index (κ3) is 24.4. The fourth-order valence-electron chi connectivity index (χ4n) is 3.53. The van der Waals surface area contributed by atoms with Crippen molar-refractivity contribution in [2.75, 3.05) is 19.6 Å². The van der Waals surface area contributed by atoms with Crippen molar-refractivity contribution in [3.8, 4) is 0 Å². The molecular formula is C23H46NNaO2. The summed E-state index contributed by atoms with van der Waals surface area (Å²) < 4.78 is 0. The molecule has 0 spiro atoms. The minimum Gasteiger partial charge on any atom is -0.550 e. The SMILES string of the molecule is CCCCCCCCN(CCCCCCCC)CCCCCCC(=O)[O-].[Na+]. The molecule has 0 aliphatic heterocycles. The molecule has 0 aromatic carbocycles. The van der Waals surface area contributed by atoms with Gasteiger partial charge in [-0.15, -0.1) is 0 Å². The van der Waals surface area contributed by atoms with Crippen LogP contribution < -0.4 is 34.7 Å². The second kappa shape index (κ2) is 24.5. The van der Waals surface area contributed by atoms with Gasteiger partial charge in [0.2, 0.25) is 0 Å². The number of nitrogens with zero attached hydrogens (tertiary/aromatic N) is 1. The van der Waals surface area contributed by atoms with Gasteiger partial charge < -0.3 is 14.8 Å². The van der Waals surface area contributed by atoms with Crippen LogP contribution in [0.2, 0.25) is 0 Å². The van der Waals surface area contributed by atoms with Gasteiger partial charge in [0, 0.05) is 5.97 Å². The Balaban J connectivity index is 0. The molecule has 0 radical (unpaired) electrons. The summed E-state index contributed by atoms with van der Waals surface area (Å²) in [5, 5.41) is 10.4. The Labute approximate surface area is 192 Å². The Morgan fingerprint density at radius 1 is 0.593 bits per heavy atom. The Morgan fingerprint density at radius 3 is 1.30 bits per heavy atom. The zero-order valence-corrected chi connectivity index (χ0v) is 20.9. The van der Waals surface area contributed by atoms with Gasteiger partial charge in [-0.1, -0.05) is 90.9 Å². The summed E-state index contributed by atoms with van der Waals surface area (Å²) in [6, 6.07) is 0. The van der Waals surface area contributed by atoms with Crippen LogP contribution in [0.3, 0.4) is 0 Å². The molecule has 0 aliphatic rings. The number of carboxylic acids is 1. The fourth-order valence-corrected chi connectivity index (χ4v) is 3.53. The standard InChI is InChI=1S/C23H47NO2.Na/c1-3-5-7-9-12-16-20-24(21-17-13-10-8-6-4-2)22-18-14-11-15-19-23(25)26;/h3-22H2,1-2H3,(H,25,26);/q;+1/p-1. The van der Waals surface area contributed by atoms with Gasteiger partial charge in [0.1, 0.15) is 0 Å². The number of hydrogen-bond donors (Lipinski definition) is 0. The molecule has 0 saturated carbocycles.